The number of fused-ring (bicyclic) bond motifs is 1. The van der Waals surface area contributed by atoms with Crippen LogP contribution in [-0.4, -0.2) is 39.3 Å². The summed E-state index contributed by atoms with van der Waals surface area (Å²) in [6, 6.07) is 10.8. The Hall–Kier alpha value is -3.40. The summed E-state index contributed by atoms with van der Waals surface area (Å²) in [6.07, 6.45) is 0. The molecule has 10 heteroatoms. The summed E-state index contributed by atoms with van der Waals surface area (Å²) in [5.74, 6) is 1.39. The van der Waals surface area contributed by atoms with Gasteiger partial charge in [0.05, 0.1) is 23.3 Å². The predicted molar refractivity (Wildman–Crippen MR) is 129 cm³/mol. The molecule has 1 aliphatic heterocycles. The van der Waals surface area contributed by atoms with Crippen molar-refractivity contribution in [3.8, 4) is 11.5 Å². The molecule has 0 spiro atoms. The molecule has 9 nitrogen and oxygen atoms in total. The molecule has 0 radical (unpaired) electrons. The molecule has 0 fully saturated rings. The Labute approximate surface area is 200 Å². The van der Waals surface area contributed by atoms with Gasteiger partial charge in [0, 0.05) is 11.4 Å². The van der Waals surface area contributed by atoms with Gasteiger partial charge in [0.1, 0.15) is 6.04 Å². The van der Waals surface area contributed by atoms with Crippen LogP contribution in [0.5, 0.6) is 11.5 Å². The molecule has 0 aliphatic carbocycles. The van der Waals surface area contributed by atoms with E-state index in [4.69, 9.17) is 9.47 Å². The zero-order valence-corrected chi connectivity index (χ0v) is 20.4. The van der Waals surface area contributed by atoms with Crippen molar-refractivity contribution in [3.05, 3.63) is 63.3 Å². The van der Waals surface area contributed by atoms with Crippen LogP contribution in [0.3, 0.4) is 0 Å². The second-order valence-corrected chi connectivity index (χ2v) is 8.33. The van der Waals surface area contributed by atoms with Gasteiger partial charge in [0.15, 0.2) is 11.5 Å². The van der Waals surface area contributed by atoms with Gasteiger partial charge in [-0.05, 0) is 83.4 Å². The Morgan fingerprint density at radius 3 is 2.67 bits per heavy atom. The van der Waals surface area contributed by atoms with Crippen LogP contribution in [0, 0.1) is 6.92 Å². The molecule has 2 heterocycles. The number of carbonyl (C=O) groups excluding carboxylic acids is 1. The van der Waals surface area contributed by atoms with Gasteiger partial charge in [-0.25, -0.2) is 0 Å². The smallest absolute Gasteiger partial charge is 0.255 e. The molecular weight excluding hydrogens is 488 g/mol. The molecule has 33 heavy (non-hydrogen) atoms. The summed E-state index contributed by atoms with van der Waals surface area (Å²) in [5.41, 5.74) is 3.65. The molecule has 2 N–H and O–H groups in total. The van der Waals surface area contributed by atoms with E-state index < -0.39 is 6.04 Å². The average molecular weight is 513 g/mol. The van der Waals surface area contributed by atoms with Crippen molar-refractivity contribution in [1.29, 1.82) is 0 Å². The van der Waals surface area contributed by atoms with Crippen LogP contribution in [-0.2, 0) is 4.79 Å². The first-order valence-corrected chi connectivity index (χ1v) is 11.5. The van der Waals surface area contributed by atoms with Gasteiger partial charge in [-0.2, -0.15) is 4.68 Å². The van der Waals surface area contributed by atoms with Crippen molar-refractivity contribution in [2.45, 2.75) is 33.7 Å². The SMILES string of the molecule is CCOc1cc(C2C(C(=O)Nc3ccccc3C)=C(C)Nc3nnnn32)cc(Br)c1OCC. The number of rotatable bonds is 7. The molecule has 3 aromatic rings. The maximum Gasteiger partial charge on any atom is 0.255 e. The number of para-hydroxylation sites is 1. The Morgan fingerprint density at radius 1 is 1.18 bits per heavy atom. The molecule has 0 bridgehead atoms. The van der Waals surface area contributed by atoms with Crippen LogP contribution in [0.15, 0.2) is 52.1 Å². The number of benzene rings is 2. The third-order valence-electron chi connectivity index (χ3n) is 5.29. The maximum atomic E-state index is 13.6. The first-order chi connectivity index (χ1) is 15.9. The number of hydrogen-bond acceptors (Lipinski definition) is 7. The van der Waals surface area contributed by atoms with Gasteiger partial charge in [-0.3, -0.25) is 4.79 Å². The largest absolute Gasteiger partial charge is 0.490 e. The van der Waals surface area contributed by atoms with E-state index in [1.807, 2.05) is 64.1 Å². The zero-order valence-electron chi connectivity index (χ0n) is 18.8. The molecular formula is C23H25BrN6O3. The number of amides is 1. The number of aryl methyl sites for hydroxylation is 1. The molecule has 1 aromatic heterocycles. The summed E-state index contributed by atoms with van der Waals surface area (Å²) in [6.45, 7) is 8.57. The lowest BCUT2D eigenvalue weighted by Gasteiger charge is -2.29. The Morgan fingerprint density at radius 2 is 1.94 bits per heavy atom. The molecule has 1 unspecified atom stereocenters. The second kappa shape index (κ2) is 9.62. The summed E-state index contributed by atoms with van der Waals surface area (Å²) in [7, 11) is 0. The Bertz CT molecular complexity index is 1220. The molecule has 1 aliphatic rings. The number of allylic oxidation sites excluding steroid dienone is 1. The fourth-order valence-electron chi connectivity index (χ4n) is 3.81. The minimum Gasteiger partial charge on any atom is -0.490 e. The zero-order chi connectivity index (χ0) is 23.5. The third-order valence-corrected chi connectivity index (χ3v) is 5.88. The van der Waals surface area contributed by atoms with Crippen LogP contribution in [0.25, 0.3) is 0 Å². The van der Waals surface area contributed by atoms with Gasteiger partial charge < -0.3 is 20.1 Å². The van der Waals surface area contributed by atoms with Crippen molar-refractivity contribution in [2.24, 2.45) is 0 Å². The van der Waals surface area contributed by atoms with Crippen LogP contribution in [0.2, 0.25) is 0 Å². The first kappa shape index (κ1) is 22.8. The summed E-state index contributed by atoms with van der Waals surface area (Å²) < 4.78 is 14.0. The lowest BCUT2D eigenvalue weighted by molar-refractivity contribution is -0.113. The molecule has 4 rings (SSSR count). The topological polar surface area (TPSA) is 103 Å². The van der Waals surface area contributed by atoms with Gasteiger partial charge in [0.25, 0.3) is 5.91 Å². The number of nitrogens with one attached hydrogen (secondary N) is 2. The van der Waals surface area contributed by atoms with Gasteiger partial charge in [-0.1, -0.05) is 23.3 Å². The quantitative estimate of drug-likeness (QED) is 0.481. The number of aromatic nitrogens is 4. The van der Waals surface area contributed by atoms with E-state index in [2.05, 4.69) is 42.1 Å². The maximum absolute atomic E-state index is 13.6. The number of anilines is 2. The first-order valence-electron chi connectivity index (χ1n) is 10.7. The predicted octanol–water partition coefficient (Wildman–Crippen LogP) is 4.47. The van der Waals surface area contributed by atoms with Crippen LogP contribution in [0.1, 0.15) is 37.9 Å². The van der Waals surface area contributed by atoms with E-state index in [1.54, 1.807) is 4.68 Å². The minimum atomic E-state index is -0.577. The van der Waals surface area contributed by atoms with E-state index in [0.717, 1.165) is 21.3 Å². The van der Waals surface area contributed by atoms with E-state index in [9.17, 15) is 4.79 Å². The fourth-order valence-corrected chi connectivity index (χ4v) is 4.38. The average Bonchev–Trinajstić information content (AvgIpc) is 3.24. The molecule has 1 atom stereocenters. The van der Waals surface area contributed by atoms with Crippen LogP contribution in [0.4, 0.5) is 11.6 Å². The highest BCUT2D eigenvalue weighted by Crippen LogP contribution is 2.42. The summed E-state index contributed by atoms with van der Waals surface area (Å²) >= 11 is 3.60. The Balaban J connectivity index is 1.82. The summed E-state index contributed by atoms with van der Waals surface area (Å²) in [4.78, 5) is 13.6. The van der Waals surface area contributed by atoms with Crippen LogP contribution < -0.4 is 20.1 Å². The molecule has 0 saturated heterocycles. The molecule has 172 valence electrons. The van der Waals surface area contributed by atoms with Gasteiger partial charge in [-0.15, -0.1) is 0 Å². The van der Waals surface area contributed by atoms with Crippen molar-refractivity contribution in [1.82, 2.24) is 20.2 Å². The van der Waals surface area contributed by atoms with Crippen molar-refractivity contribution in [3.63, 3.8) is 0 Å². The van der Waals surface area contributed by atoms with Crippen molar-refractivity contribution < 1.29 is 14.3 Å². The van der Waals surface area contributed by atoms with Crippen LogP contribution >= 0.6 is 15.9 Å². The number of nitrogens with zero attached hydrogens (tertiary/aromatic N) is 4. The third kappa shape index (κ3) is 4.43. The molecule has 2 aromatic carbocycles. The highest BCUT2D eigenvalue weighted by molar-refractivity contribution is 9.10. The molecule has 1 amide bonds. The number of hydrogen-bond donors (Lipinski definition) is 2. The minimum absolute atomic E-state index is 0.247. The van der Waals surface area contributed by atoms with E-state index >= 15 is 0 Å². The van der Waals surface area contributed by atoms with Gasteiger partial charge in [0.2, 0.25) is 5.95 Å². The Kier molecular flexibility index (Phi) is 6.64. The molecule has 0 saturated carbocycles. The monoisotopic (exact) mass is 512 g/mol. The highest BCUT2D eigenvalue weighted by atomic mass is 79.9. The van der Waals surface area contributed by atoms with Crippen molar-refractivity contribution >= 4 is 33.5 Å². The highest BCUT2D eigenvalue weighted by Gasteiger charge is 2.35. The second-order valence-electron chi connectivity index (χ2n) is 7.48. The van der Waals surface area contributed by atoms with Gasteiger partial charge >= 0.3 is 0 Å². The number of halogens is 1. The van der Waals surface area contributed by atoms with E-state index in [1.165, 1.54) is 0 Å². The fraction of sp³-hybridized carbons (Fsp3) is 0.304. The number of ether oxygens (including phenoxy) is 2. The standard InChI is InChI=1S/C23H25BrN6O3/c1-5-32-18-12-15(11-16(24)21(18)33-6-2)20-19(14(4)25-23-27-28-29-30(20)23)22(31)26-17-10-8-7-9-13(17)3/h7-12,20H,5-6H2,1-4H3,(H,26,31)(H,25,27,29). The van der Waals surface area contributed by atoms with Crippen molar-refractivity contribution in [2.75, 3.05) is 23.8 Å². The van der Waals surface area contributed by atoms with E-state index in [0.29, 0.717) is 41.9 Å². The summed E-state index contributed by atoms with van der Waals surface area (Å²) in [5, 5.41) is 18.2. The number of carbonyl (C=O) groups is 1. The van der Waals surface area contributed by atoms with E-state index in [-0.39, 0.29) is 5.91 Å². The normalized spacial score (nSPS) is 15.0. The lowest BCUT2D eigenvalue weighted by atomic mass is 9.94. The lowest BCUT2D eigenvalue weighted by Crippen LogP contribution is -2.31. The number of tetrazole rings is 1.